The highest BCUT2D eigenvalue weighted by molar-refractivity contribution is 7.78. The summed E-state index contributed by atoms with van der Waals surface area (Å²) >= 11 is 4.49. The van der Waals surface area contributed by atoms with Gasteiger partial charge in [0, 0.05) is 5.69 Å². The number of anilines is 1. The lowest BCUT2D eigenvalue weighted by Crippen LogP contribution is -2.45. The van der Waals surface area contributed by atoms with Crippen molar-refractivity contribution in [2.45, 2.75) is 18.7 Å². The quantitative estimate of drug-likeness (QED) is 0.401. The maximum absolute atomic E-state index is 13.0. The summed E-state index contributed by atoms with van der Waals surface area (Å²) in [5.41, 5.74) is -3.48. The second kappa shape index (κ2) is 8.84. The predicted molar refractivity (Wildman–Crippen MR) is 104 cm³/mol. The van der Waals surface area contributed by atoms with Crippen molar-refractivity contribution in [1.82, 2.24) is 0 Å². The maximum atomic E-state index is 13.0. The Bertz CT molecular complexity index is 992. The van der Waals surface area contributed by atoms with Gasteiger partial charge in [-0.25, -0.2) is 4.85 Å². The highest BCUT2D eigenvalue weighted by atomic mass is 32.1. The second-order valence-corrected chi connectivity index (χ2v) is 6.24. The van der Waals surface area contributed by atoms with Gasteiger partial charge in [-0.1, -0.05) is 6.07 Å². The number of thiocarbonyl (C=S) groups is 1. The van der Waals surface area contributed by atoms with Gasteiger partial charge < -0.3 is 15.2 Å². The standard InChI is InChI=1S/C19H14F3N3O3S/c1-18(27,10-28-14-6-3-12(4-7-14)24-11-29)17(26)25-13-5-8-16(23-2)15(9-13)19(20,21)22/h3-9,27H,10H2,1H3,(H,25,26)/t18-/m1/s1. The van der Waals surface area contributed by atoms with E-state index in [-0.39, 0.29) is 5.69 Å². The predicted octanol–water partition coefficient (Wildman–Crippen LogP) is 4.76. The summed E-state index contributed by atoms with van der Waals surface area (Å²) in [5, 5.41) is 14.7. The molecule has 29 heavy (non-hydrogen) atoms. The van der Waals surface area contributed by atoms with Crippen LogP contribution in [0.1, 0.15) is 12.5 Å². The second-order valence-electron chi connectivity index (χ2n) is 6.06. The molecular weight excluding hydrogens is 407 g/mol. The Morgan fingerprint density at radius 1 is 1.31 bits per heavy atom. The van der Waals surface area contributed by atoms with Crippen molar-refractivity contribution in [3.05, 3.63) is 59.4 Å². The van der Waals surface area contributed by atoms with E-state index in [0.29, 0.717) is 17.5 Å². The van der Waals surface area contributed by atoms with Crippen LogP contribution >= 0.6 is 12.2 Å². The highest BCUT2D eigenvalue weighted by Crippen LogP contribution is 2.38. The van der Waals surface area contributed by atoms with Crippen molar-refractivity contribution < 1.29 is 27.8 Å². The minimum absolute atomic E-state index is 0.211. The van der Waals surface area contributed by atoms with Crippen LogP contribution in [0.25, 0.3) is 4.85 Å². The lowest BCUT2D eigenvalue weighted by atomic mass is 10.1. The molecule has 2 aromatic carbocycles. The number of alkyl halides is 3. The third kappa shape index (κ3) is 5.86. The number of benzene rings is 2. The molecule has 2 N–H and O–H groups in total. The molecule has 0 unspecified atom stereocenters. The molecule has 1 amide bonds. The van der Waals surface area contributed by atoms with Crippen molar-refractivity contribution >= 4 is 40.3 Å². The number of nitrogens with zero attached hydrogens (tertiary/aromatic N) is 2. The van der Waals surface area contributed by atoms with E-state index in [1.54, 1.807) is 12.1 Å². The van der Waals surface area contributed by atoms with E-state index in [1.807, 2.05) is 0 Å². The molecule has 0 aliphatic rings. The molecule has 0 heterocycles. The van der Waals surface area contributed by atoms with Gasteiger partial charge in [0.2, 0.25) is 0 Å². The van der Waals surface area contributed by atoms with Crippen LogP contribution < -0.4 is 10.1 Å². The van der Waals surface area contributed by atoms with E-state index in [2.05, 4.69) is 32.5 Å². The molecule has 10 heteroatoms. The molecule has 0 aliphatic heterocycles. The van der Waals surface area contributed by atoms with Crippen molar-refractivity contribution in [1.29, 1.82) is 0 Å². The van der Waals surface area contributed by atoms with Gasteiger partial charge in [0.05, 0.1) is 23.0 Å². The van der Waals surface area contributed by atoms with Crippen molar-refractivity contribution in [2.24, 2.45) is 4.99 Å². The van der Waals surface area contributed by atoms with E-state index < -0.39 is 35.5 Å². The fourth-order valence-corrected chi connectivity index (χ4v) is 2.27. The molecular formula is C19H14F3N3O3S. The van der Waals surface area contributed by atoms with Gasteiger partial charge >= 0.3 is 6.18 Å². The number of halogens is 3. The first-order valence-corrected chi connectivity index (χ1v) is 8.41. The lowest BCUT2D eigenvalue weighted by Gasteiger charge is -2.23. The number of nitrogens with one attached hydrogen (secondary N) is 1. The molecule has 0 saturated heterocycles. The largest absolute Gasteiger partial charge is 0.490 e. The summed E-state index contributed by atoms with van der Waals surface area (Å²) in [6, 6.07) is 8.98. The van der Waals surface area contributed by atoms with Crippen LogP contribution in [-0.4, -0.2) is 28.4 Å². The van der Waals surface area contributed by atoms with Crippen LogP contribution in [0, 0.1) is 6.57 Å². The van der Waals surface area contributed by atoms with Gasteiger partial charge in [-0.3, -0.25) is 4.79 Å². The van der Waals surface area contributed by atoms with Crippen LogP contribution in [0.3, 0.4) is 0 Å². The Balaban J connectivity index is 2.09. The average molecular weight is 421 g/mol. The normalized spacial score (nSPS) is 12.8. The smallest absolute Gasteiger partial charge is 0.407 e. The van der Waals surface area contributed by atoms with Crippen LogP contribution in [0.15, 0.2) is 47.5 Å². The first kappa shape index (κ1) is 22.0. The van der Waals surface area contributed by atoms with E-state index in [4.69, 9.17) is 11.3 Å². The zero-order chi connectivity index (χ0) is 21.7. The van der Waals surface area contributed by atoms with Gasteiger partial charge in [-0.15, -0.1) is 0 Å². The van der Waals surface area contributed by atoms with Crippen LogP contribution in [-0.2, 0) is 11.0 Å². The molecule has 0 radical (unpaired) electrons. The highest BCUT2D eigenvalue weighted by Gasteiger charge is 2.35. The van der Waals surface area contributed by atoms with E-state index in [9.17, 15) is 23.1 Å². The summed E-state index contributed by atoms with van der Waals surface area (Å²) < 4.78 is 44.4. The van der Waals surface area contributed by atoms with Crippen molar-refractivity contribution in [3.63, 3.8) is 0 Å². The lowest BCUT2D eigenvalue weighted by molar-refractivity contribution is -0.137. The Morgan fingerprint density at radius 3 is 2.52 bits per heavy atom. The van der Waals surface area contributed by atoms with Gasteiger partial charge in [0.15, 0.2) is 11.3 Å². The molecule has 1 atom stereocenters. The molecule has 0 spiro atoms. The monoisotopic (exact) mass is 421 g/mol. The van der Waals surface area contributed by atoms with Gasteiger partial charge in [-0.2, -0.15) is 18.2 Å². The molecule has 2 aromatic rings. The van der Waals surface area contributed by atoms with Crippen LogP contribution in [0.2, 0.25) is 0 Å². The Hall–Kier alpha value is -3.25. The van der Waals surface area contributed by atoms with Crippen molar-refractivity contribution in [3.8, 4) is 5.75 Å². The first-order chi connectivity index (χ1) is 13.6. The number of rotatable bonds is 6. The van der Waals surface area contributed by atoms with Gasteiger partial charge in [0.25, 0.3) is 5.91 Å². The summed E-state index contributed by atoms with van der Waals surface area (Å²) in [6.07, 6.45) is -4.76. The fraction of sp³-hybridized carbons (Fsp3) is 0.211. The summed E-state index contributed by atoms with van der Waals surface area (Å²) in [4.78, 5) is 18.9. The number of carbonyl (C=O) groups excluding carboxylic acids is 1. The first-order valence-electron chi connectivity index (χ1n) is 8.00. The van der Waals surface area contributed by atoms with Crippen LogP contribution in [0.4, 0.5) is 30.2 Å². The van der Waals surface area contributed by atoms with Crippen LogP contribution in [0.5, 0.6) is 5.75 Å². The molecule has 2 rings (SSSR count). The molecule has 0 aromatic heterocycles. The Kier molecular flexibility index (Phi) is 6.72. The molecule has 0 fully saturated rings. The Labute approximate surface area is 169 Å². The summed E-state index contributed by atoms with van der Waals surface area (Å²) in [5.74, 6) is -0.634. The zero-order valence-electron chi connectivity index (χ0n) is 14.9. The molecule has 0 saturated carbocycles. The number of hydrogen-bond donors (Lipinski definition) is 2. The number of aliphatic hydroxyl groups is 1. The minimum Gasteiger partial charge on any atom is -0.490 e. The Morgan fingerprint density at radius 2 is 1.97 bits per heavy atom. The van der Waals surface area contributed by atoms with E-state index in [0.717, 1.165) is 19.1 Å². The van der Waals surface area contributed by atoms with Gasteiger partial charge in [-0.05, 0) is 55.5 Å². The molecule has 0 bridgehead atoms. The van der Waals surface area contributed by atoms with Gasteiger partial charge in [0.1, 0.15) is 12.4 Å². The number of ether oxygens (including phenoxy) is 1. The summed E-state index contributed by atoms with van der Waals surface area (Å²) in [6.45, 7) is 7.52. The number of carbonyl (C=O) groups is 1. The SMILES string of the molecule is [C-]#[N+]c1ccc(NC(=O)[C@](C)(O)COc2ccc(N=C=S)cc2)cc1C(F)(F)F. The zero-order valence-corrected chi connectivity index (χ0v) is 15.8. The number of isothiocyanates is 1. The summed E-state index contributed by atoms with van der Waals surface area (Å²) in [7, 11) is 0. The number of hydrogen-bond acceptors (Lipinski definition) is 5. The topological polar surface area (TPSA) is 75.3 Å². The van der Waals surface area contributed by atoms with E-state index >= 15 is 0 Å². The fourth-order valence-electron chi connectivity index (χ4n) is 2.16. The maximum Gasteiger partial charge on any atom is 0.407 e. The molecule has 6 nitrogen and oxygen atoms in total. The molecule has 150 valence electrons. The third-order valence-corrected chi connectivity index (χ3v) is 3.79. The average Bonchev–Trinajstić information content (AvgIpc) is 2.67. The third-order valence-electron chi connectivity index (χ3n) is 3.70. The number of aliphatic imine (C=N–C) groups is 1. The van der Waals surface area contributed by atoms with E-state index in [1.165, 1.54) is 12.1 Å². The minimum atomic E-state index is -4.76. The van der Waals surface area contributed by atoms with Crippen molar-refractivity contribution in [2.75, 3.05) is 11.9 Å². The number of amides is 1. The molecule has 0 aliphatic carbocycles.